The molecule has 1 aliphatic rings. The molecule has 0 amide bonds. The van der Waals surface area contributed by atoms with Crippen molar-refractivity contribution in [3.05, 3.63) is 29.8 Å². The highest BCUT2D eigenvalue weighted by atomic mass is 16.5. The molecule has 0 aliphatic carbocycles. The van der Waals surface area contributed by atoms with Crippen LogP contribution in [0.25, 0.3) is 5.57 Å². The molecule has 1 aromatic rings. The predicted octanol–water partition coefficient (Wildman–Crippen LogP) is 2.92. The van der Waals surface area contributed by atoms with E-state index in [1.165, 1.54) is 5.56 Å². The monoisotopic (exact) mass is 190 g/mol. The van der Waals surface area contributed by atoms with Gasteiger partial charge in [-0.05, 0) is 18.6 Å². The molecule has 1 aliphatic heterocycles. The van der Waals surface area contributed by atoms with Gasteiger partial charge in [-0.15, -0.1) is 0 Å². The van der Waals surface area contributed by atoms with Crippen molar-refractivity contribution in [3.63, 3.8) is 0 Å². The van der Waals surface area contributed by atoms with Crippen LogP contribution in [0.2, 0.25) is 0 Å². The van der Waals surface area contributed by atoms with Gasteiger partial charge in [-0.3, -0.25) is 0 Å². The van der Waals surface area contributed by atoms with Crippen molar-refractivity contribution in [1.29, 1.82) is 0 Å². The average molecular weight is 190 g/mol. The minimum atomic E-state index is 0.255. The quantitative estimate of drug-likeness (QED) is 0.737. The molecule has 0 aromatic heterocycles. The van der Waals surface area contributed by atoms with E-state index in [-0.39, 0.29) is 5.75 Å². The summed E-state index contributed by atoms with van der Waals surface area (Å²) in [7, 11) is 0. The van der Waals surface area contributed by atoms with Crippen LogP contribution in [0, 0.1) is 0 Å². The van der Waals surface area contributed by atoms with Crippen LogP contribution in [0.4, 0.5) is 0 Å². The van der Waals surface area contributed by atoms with Crippen LogP contribution in [-0.4, -0.2) is 11.7 Å². The van der Waals surface area contributed by atoms with Crippen LogP contribution in [0.1, 0.15) is 30.9 Å². The number of benzene rings is 1. The number of hydrogen-bond acceptors (Lipinski definition) is 2. The van der Waals surface area contributed by atoms with E-state index in [0.29, 0.717) is 12.5 Å². The Morgan fingerprint density at radius 1 is 1.57 bits per heavy atom. The smallest absolute Gasteiger partial charge is 0.126 e. The summed E-state index contributed by atoms with van der Waals surface area (Å²) in [4.78, 5) is 0. The summed E-state index contributed by atoms with van der Waals surface area (Å²) < 4.78 is 5.44. The summed E-state index contributed by atoms with van der Waals surface area (Å²) in [6.07, 6.45) is 0. The molecular weight excluding hydrogens is 176 g/mol. The maximum atomic E-state index is 9.69. The van der Waals surface area contributed by atoms with Crippen molar-refractivity contribution < 1.29 is 9.84 Å². The zero-order chi connectivity index (χ0) is 10.3. The lowest BCUT2D eigenvalue weighted by Crippen LogP contribution is -1.93. The number of fused-ring (bicyclic) bond motifs is 1. The summed E-state index contributed by atoms with van der Waals surface area (Å²) >= 11 is 0. The van der Waals surface area contributed by atoms with Crippen LogP contribution in [0.3, 0.4) is 0 Å². The molecule has 2 rings (SSSR count). The van der Waals surface area contributed by atoms with Crippen molar-refractivity contribution in [3.8, 4) is 11.5 Å². The van der Waals surface area contributed by atoms with Gasteiger partial charge in [0.25, 0.3) is 0 Å². The fourth-order valence-electron chi connectivity index (χ4n) is 1.74. The van der Waals surface area contributed by atoms with E-state index in [9.17, 15) is 5.11 Å². The molecule has 0 spiro atoms. The first-order valence-corrected chi connectivity index (χ1v) is 4.75. The third kappa shape index (κ3) is 1.27. The highest BCUT2D eigenvalue weighted by Crippen LogP contribution is 2.39. The standard InChI is InChI=1S/C12H14O2/c1-7(2)9-4-10-8(3)6-14-12(10)5-11(9)13/h4-5,8,13H,1,6H2,2-3H3/t8-/m1/s1. The van der Waals surface area contributed by atoms with Gasteiger partial charge in [0.05, 0.1) is 6.61 Å². The Hall–Kier alpha value is -1.44. The fourth-order valence-corrected chi connectivity index (χ4v) is 1.74. The van der Waals surface area contributed by atoms with Crippen LogP contribution < -0.4 is 4.74 Å². The summed E-state index contributed by atoms with van der Waals surface area (Å²) in [5, 5.41) is 9.69. The van der Waals surface area contributed by atoms with Crippen LogP contribution in [0.5, 0.6) is 11.5 Å². The van der Waals surface area contributed by atoms with Gasteiger partial charge in [-0.1, -0.05) is 13.5 Å². The number of ether oxygens (including phenoxy) is 1. The molecule has 0 unspecified atom stereocenters. The Bertz CT molecular complexity index is 394. The van der Waals surface area contributed by atoms with Gasteiger partial charge in [0.1, 0.15) is 11.5 Å². The number of hydrogen-bond donors (Lipinski definition) is 1. The number of allylic oxidation sites excluding steroid dienone is 1. The van der Waals surface area contributed by atoms with Crippen LogP contribution in [0.15, 0.2) is 18.7 Å². The highest BCUT2D eigenvalue weighted by molar-refractivity contribution is 5.69. The van der Waals surface area contributed by atoms with Crippen molar-refractivity contribution >= 4 is 5.57 Å². The number of rotatable bonds is 1. The number of phenols is 1. The summed E-state index contributed by atoms with van der Waals surface area (Å²) in [6, 6.07) is 3.66. The molecule has 1 atom stereocenters. The van der Waals surface area contributed by atoms with Gasteiger partial charge in [0.2, 0.25) is 0 Å². The SMILES string of the molecule is C=C(C)c1cc2c(cc1O)OC[C@H]2C. The first-order valence-electron chi connectivity index (χ1n) is 4.75. The summed E-state index contributed by atoms with van der Waals surface area (Å²) in [6.45, 7) is 8.55. The first kappa shape index (κ1) is 9.13. The molecule has 1 aromatic carbocycles. The lowest BCUT2D eigenvalue weighted by atomic mass is 9.98. The molecule has 1 heterocycles. The average Bonchev–Trinajstić information content (AvgIpc) is 2.46. The second kappa shape index (κ2) is 3.05. The Balaban J connectivity index is 2.57. The van der Waals surface area contributed by atoms with E-state index >= 15 is 0 Å². The fraction of sp³-hybridized carbons (Fsp3) is 0.333. The predicted molar refractivity (Wildman–Crippen MR) is 56.7 cm³/mol. The minimum Gasteiger partial charge on any atom is -0.507 e. The summed E-state index contributed by atoms with van der Waals surface area (Å²) in [5.41, 5.74) is 2.87. The van der Waals surface area contributed by atoms with Gasteiger partial charge in [-0.25, -0.2) is 0 Å². The largest absolute Gasteiger partial charge is 0.507 e. The number of phenolic OH excluding ortho intramolecular Hbond substituents is 1. The highest BCUT2D eigenvalue weighted by Gasteiger charge is 2.22. The van der Waals surface area contributed by atoms with Gasteiger partial charge < -0.3 is 9.84 Å². The molecule has 0 saturated heterocycles. The van der Waals surface area contributed by atoms with Gasteiger partial charge >= 0.3 is 0 Å². The van der Waals surface area contributed by atoms with Crippen molar-refractivity contribution in [2.75, 3.05) is 6.61 Å². The normalized spacial score (nSPS) is 18.9. The lowest BCUT2D eigenvalue weighted by Gasteiger charge is -2.07. The molecular formula is C12H14O2. The molecule has 0 saturated carbocycles. The van der Waals surface area contributed by atoms with Gasteiger partial charge in [0.15, 0.2) is 0 Å². The molecule has 74 valence electrons. The molecule has 0 fully saturated rings. The third-order valence-corrected chi connectivity index (χ3v) is 2.61. The first-order chi connectivity index (χ1) is 6.59. The van der Waals surface area contributed by atoms with E-state index in [2.05, 4.69) is 13.5 Å². The second-order valence-corrected chi connectivity index (χ2v) is 3.90. The van der Waals surface area contributed by atoms with E-state index in [1.54, 1.807) is 6.07 Å². The Kier molecular flexibility index (Phi) is 1.99. The van der Waals surface area contributed by atoms with Crippen molar-refractivity contribution in [2.24, 2.45) is 0 Å². The van der Waals surface area contributed by atoms with Crippen molar-refractivity contribution in [1.82, 2.24) is 0 Å². The lowest BCUT2D eigenvalue weighted by molar-refractivity contribution is 0.336. The Labute approximate surface area is 83.8 Å². The molecule has 0 bridgehead atoms. The molecule has 14 heavy (non-hydrogen) atoms. The second-order valence-electron chi connectivity index (χ2n) is 3.90. The van der Waals surface area contributed by atoms with E-state index in [0.717, 1.165) is 16.9 Å². The van der Waals surface area contributed by atoms with E-state index < -0.39 is 0 Å². The van der Waals surface area contributed by atoms with Crippen LogP contribution >= 0.6 is 0 Å². The zero-order valence-corrected chi connectivity index (χ0v) is 8.50. The maximum absolute atomic E-state index is 9.69. The van der Waals surface area contributed by atoms with Gasteiger partial charge in [-0.2, -0.15) is 0 Å². The maximum Gasteiger partial charge on any atom is 0.126 e. The van der Waals surface area contributed by atoms with Crippen LogP contribution in [-0.2, 0) is 0 Å². The third-order valence-electron chi connectivity index (χ3n) is 2.61. The van der Waals surface area contributed by atoms with Gasteiger partial charge in [0, 0.05) is 23.1 Å². The molecule has 0 radical (unpaired) electrons. The molecule has 2 heteroatoms. The summed E-state index contributed by atoms with van der Waals surface area (Å²) in [5.74, 6) is 1.47. The van der Waals surface area contributed by atoms with E-state index in [1.807, 2.05) is 13.0 Å². The van der Waals surface area contributed by atoms with E-state index in [4.69, 9.17) is 4.74 Å². The molecule has 1 N–H and O–H groups in total. The molecule has 2 nitrogen and oxygen atoms in total. The Morgan fingerprint density at radius 3 is 2.93 bits per heavy atom. The topological polar surface area (TPSA) is 29.5 Å². The zero-order valence-electron chi connectivity index (χ0n) is 8.50. The number of aromatic hydroxyl groups is 1. The Morgan fingerprint density at radius 2 is 2.29 bits per heavy atom. The van der Waals surface area contributed by atoms with Crippen molar-refractivity contribution in [2.45, 2.75) is 19.8 Å². The minimum absolute atomic E-state index is 0.255.